The van der Waals surface area contributed by atoms with Crippen LogP contribution in [0.2, 0.25) is 5.02 Å². The number of benzene rings is 1. The lowest BCUT2D eigenvalue weighted by Gasteiger charge is -2.20. The first-order chi connectivity index (χ1) is 8.47. The van der Waals surface area contributed by atoms with E-state index in [2.05, 4.69) is 0 Å². The van der Waals surface area contributed by atoms with Gasteiger partial charge in [-0.1, -0.05) is 35.5 Å². The highest BCUT2D eigenvalue weighted by Gasteiger charge is 2.23. The SMILES string of the molecule is COc1c(Cl)cccc1C(O)C(O)CSC(C)=O. The van der Waals surface area contributed by atoms with Crippen molar-refractivity contribution < 1.29 is 19.7 Å². The van der Waals surface area contributed by atoms with Gasteiger partial charge in [-0.05, 0) is 6.07 Å². The number of methoxy groups -OCH3 is 1. The van der Waals surface area contributed by atoms with Gasteiger partial charge in [-0.2, -0.15) is 0 Å². The van der Waals surface area contributed by atoms with Crippen molar-refractivity contribution in [3.8, 4) is 5.75 Å². The number of carbonyl (C=O) groups excluding carboxylic acids is 1. The molecule has 0 aliphatic heterocycles. The van der Waals surface area contributed by atoms with E-state index < -0.39 is 12.2 Å². The zero-order valence-electron chi connectivity index (χ0n) is 10.1. The topological polar surface area (TPSA) is 66.8 Å². The standard InChI is InChI=1S/C12H15ClO4S/c1-7(14)18-6-10(15)11(16)8-4-3-5-9(13)12(8)17-2/h3-5,10-11,15-16H,6H2,1-2H3. The molecule has 6 heteroatoms. The molecule has 0 bridgehead atoms. The number of para-hydroxylation sites is 1. The molecule has 1 aromatic rings. The van der Waals surface area contributed by atoms with Crippen molar-refractivity contribution >= 4 is 28.5 Å². The summed E-state index contributed by atoms with van der Waals surface area (Å²) in [5, 5.41) is 20.1. The molecule has 0 radical (unpaired) electrons. The van der Waals surface area contributed by atoms with Crippen LogP contribution in [0.3, 0.4) is 0 Å². The van der Waals surface area contributed by atoms with Crippen molar-refractivity contribution in [2.24, 2.45) is 0 Å². The Kier molecular flexibility index (Phi) is 5.95. The number of rotatable bonds is 5. The Hall–Kier alpha value is -0.750. The summed E-state index contributed by atoms with van der Waals surface area (Å²) in [5.74, 6) is 0.449. The minimum atomic E-state index is -1.15. The van der Waals surface area contributed by atoms with E-state index in [4.69, 9.17) is 16.3 Å². The third kappa shape index (κ3) is 3.88. The average Bonchev–Trinajstić information content (AvgIpc) is 2.34. The van der Waals surface area contributed by atoms with Gasteiger partial charge in [0.25, 0.3) is 0 Å². The van der Waals surface area contributed by atoms with E-state index in [1.54, 1.807) is 18.2 Å². The molecular formula is C12H15ClO4S. The molecule has 0 saturated carbocycles. The molecule has 2 N–H and O–H groups in total. The lowest BCUT2D eigenvalue weighted by molar-refractivity contribution is -0.109. The van der Waals surface area contributed by atoms with E-state index in [0.717, 1.165) is 11.8 Å². The summed E-state index contributed by atoms with van der Waals surface area (Å²) in [5.41, 5.74) is 0.404. The Balaban J connectivity index is 2.86. The van der Waals surface area contributed by atoms with Gasteiger partial charge in [-0.15, -0.1) is 0 Å². The number of aliphatic hydroxyl groups is 2. The summed E-state index contributed by atoms with van der Waals surface area (Å²) in [6, 6.07) is 4.92. The number of hydrogen-bond donors (Lipinski definition) is 2. The summed E-state index contributed by atoms with van der Waals surface area (Å²) < 4.78 is 5.10. The molecule has 0 fully saturated rings. The highest BCUT2D eigenvalue weighted by molar-refractivity contribution is 8.13. The number of halogens is 1. The summed E-state index contributed by atoms with van der Waals surface area (Å²) in [6.07, 6.45) is -2.21. The Morgan fingerprint density at radius 2 is 2.17 bits per heavy atom. The van der Waals surface area contributed by atoms with Gasteiger partial charge >= 0.3 is 0 Å². The van der Waals surface area contributed by atoms with Gasteiger partial charge in [0.1, 0.15) is 11.9 Å². The zero-order chi connectivity index (χ0) is 13.7. The van der Waals surface area contributed by atoms with Crippen LogP contribution < -0.4 is 4.74 Å². The number of carbonyl (C=O) groups is 1. The molecule has 4 nitrogen and oxygen atoms in total. The molecule has 2 atom stereocenters. The summed E-state index contributed by atoms with van der Waals surface area (Å²) >= 11 is 6.89. The second-order valence-corrected chi connectivity index (χ2v) is 5.28. The molecule has 0 heterocycles. The predicted molar refractivity (Wildman–Crippen MR) is 72.1 cm³/mol. The third-order valence-corrected chi connectivity index (χ3v) is 3.55. The first-order valence-corrected chi connectivity index (χ1v) is 6.65. The quantitative estimate of drug-likeness (QED) is 0.868. The smallest absolute Gasteiger partial charge is 0.185 e. The maximum absolute atomic E-state index is 10.8. The maximum Gasteiger partial charge on any atom is 0.185 e. The van der Waals surface area contributed by atoms with Gasteiger partial charge in [0.2, 0.25) is 0 Å². The Labute approximate surface area is 115 Å². The van der Waals surface area contributed by atoms with Gasteiger partial charge in [0, 0.05) is 18.2 Å². The fraction of sp³-hybridized carbons (Fsp3) is 0.417. The van der Waals surface area contributed by atoms with Crippen molar-refractivity contribution in [1.82, 2.24) is 0 Å². The van der Waals surface area contributed by atoms with Crippen molar-refractivity contribution in [2.45, 2.75) is 19.1 Å². The normalized spacial score (nSPS) is 14.1. The van der Waals surface area contributed by atoms with E-state index in [1.807, 2.05) is 0 Å². The van der Waals surface area contributed by atoms with Crippen LogP contribution >= 0.6 is 23.4 Å². The number of ether oxygens (including phenoxy) is 1. The lowest BCUT2D eigenvalue weighted by Crippen LogP contribution is -2.22. The van der Waals surface area contributed by atoms with Crippen molar-refractivity contribution in [3.63, 3.8) is 0 Å². The average molecular weight is 291 g/mol. The molecule has 0 aliphatic rings. The van der Waals surface area contributed by atoms with Crippen LogP contribution in [0.25, 0.3) is 0 Å². The predicted octanol–water partition coefficient (Wildman–Crippen LogP) is 2.02. The fourth-order valence-corrected chi connectivity index (χ4v) is 2.32. The summed E-state index contributed by atoms with van der Waals surface area (Å²) in [6.45, 7) is 1.41. The first kappa shape index (κ1) is 15.3. The maximum atomic E-state index is 10.8. The Bertz CT molecular complexity index is 425. The second-order valence-electron chi connectivity index (χ2n) is 3.68. The second kappa shape index (κ2) is 6.99. The number of hydrogen-bond acceptors (Lipinski definition) is 5. The number of aliphatic hydroxyl groups excluding tert-OH is 2. The van der Waals surface area contributed by atoms with Gasteiger partial charge in [0.15, 0.2) is 5.12 Å². The molecular weight excluding hydrogens is 276 g/mol. The first-order valence-electron chi connectivity index (χ1n) is 5.29. The van der Waals surface area contributed by atoms with Crippen LogP contribution in [0.4, 0.5) is 0 Å². The van der Waals surface area contributed by atoms with Crippen LogP contribution in [0, 0.1) is 0 Å². The van der Waals surface area contributed by atoms with E-state index in [1.165, 1.54) is 14.0 Å². The fourth-order valence-electron chi connectivity index (χ4n) is 1.47. The molecule has 100 valence electrons. The Morgan fingerprint density at radius 3 is 2.72 bits per heavy atom. The largest absolute Gasteiger partial charge is 0.495 e. The molecule has 1 aromatic carbocycles. The number of thioether (sulfide) groups is 1. The van der Waals surface area contributed by atoms with Crippen LogP contribution in [0.15, 0.2) is 18.2 Å². The molecule has 18 heavy (non-hydrogen) atoms. The van der Waals surface area contributed by atoms with E-state index in [-0.39, 0.29) is 10.9 Å². The minimum Gasteiger partial charge on any atom is -0.495 e. The molecule has 0 aliphatic carbocycles. The minimum absolute atomic E-state index is 0.112. The monoisotopic (exact) mass is 290 g/mol. The van der Waals surface area contributed by atoms with Gasteiger partial charge in [-0.3, -0.25) is 4.79 Å². The van der Waals surface area contributed by atoms with E-state index in [9.17, 15) is 15.0 Å². The Morgan fingerprint density at radius 1 is 1.50 bits per heavy atom. The van der Waals surface area contributed by atoms with Crippen molar-refractivity contribution in [1.29, 1.82) is 0 Å². The highest BCUT2D eigenvalue weighted by atomic mass is 35.5. The van der Waals surface area contributed by atoms with Crippen molar-refractivity contribution in [3.05, 3.63) is 28.8 Å². The van der Waals surface area contributed by atoms with Crippen LogP contribution in [-0.2, 0) is 4.79 Å². The van der Waals surface area contributed by atoms with Gasteiger partial charge in [0.05, 0.1) is 18.2 Å². The molecule has 1 rings (SSSR count). The van der Waals surface area contributed by atoms with Gasteiger partial charge < -0.3 is 14.9 Å². The highest BCUT2D eigenvalue weighted by Crippen LogP contribution is 2.34. The van der Waals surface area contributed by atoms with Crippen LogP contribution in [-0.4, -0.2) is 34.3 Å². The van der Waals surface area contributed by atoms with Crippen LogP contribution in [0.1, 0.15) is 18.6 Å². The molecule has 0 saturated heterocycles. The molecule has 0 amide bonds. The summed E-state index contributed by atoms with van der Waals surface area (Å²) in [4.78, 5) is 10.8. The van der Waals surface area contributed by atoms with E-state index >= 15 is 0 Å². The zero-order valence-corrected chi connectivity index (χ0v) is 11.7. The molecule has 2 unspecified atom stereocenters. The summed E-state index contributed by atoms with van der Waals surface area (Å²) in [7, 11) is 1.44. The van der Waals surface area contributed by atoms with Crippen LogP contribution in [0.5, 0.6) is 5.75 Å². The molecule has 0 aromatic heterocycles. The van der Waals surface area contributed by atoms with E-state index in [0.29, 0.717) is 16.3 Å². The molecule has 0 spiro atoms. The van der Waals surface area contributed by atoms with Crippen molar-refractivity contribution in [2.75, 3.05) is 12.9 Å². The third-order valence-electron chi connectivity index (χ3n) is 2.34. The van der Waals surface area contributed by atoms with Gasteiger partial charge in [-0.25, -0.2) is 0 Å². The lowest BCUT2D eigenvalue weighted by atomic mass is 10.0.